The second-order valence-electron chi connectivity index (χ2n) is 8.71. The van der Waals surface area contributed by atoms with Crippen LogP contribution in [0.5, 0.6) is 5.75 Å². The average molecular weight is 550 g/mol. The van der Waals surface area contributed by atoms with Crippen LogP contribution in [0.1, 0.15) is 46.0 Å². The molecule has 0 spiro atoms. The van der Waals surface area contributed by atoms with E-state index in [4.69, 9.17) is 9.73 Å². The number of halogens is 1. The third-order valence-corrected chi connectivity index (χ3v) is 5.02. The first-order valence-corrected chi connectivity index (χ1v) is 10.9. The first kappa shape index (κ1) is 25.9. The highest BCUT2D eigenvalue weighted by atomic mass is 127. The number of guanidine groups is 1. The summed E-state index contributed by atoms with van der Waals surface area (Å²) in [4.78, 5) is 4.71. The largest absolute Gasteiger partial charge is 0.493 e. The molecular formula is C24H35IN6O. The predicted molar refractivity (Wildman–Crippen MR) is 141 cm³/mol. The van der Waals surface area contributed by atoms with E-state index in [1.807, 2.05) is 28.8 Å². The van der Waals surface area contributed by atoms with E-state index in [1.54, 1.807) is 0 Å². The zero-order valence-electron chi connectivity index (χ0n) is 19.6. The minimum absolute atomic E-state index is 0. The molecular weight excluding hydrogens is 515 g/mol. The lowest BCUT2D eigenvalue weighted by Crippen LogP contribution is -2.43. The van der Waals surface area contributed by atoms with Crippen LogP contribution in [0.25, 0.3) is 5.65 Å². The summed E-state index contributed by atoms with van der Waals surface area (Å²) in [6.45, 7) is 13.5. The number of rotatable bonds is 9. The van der Waals surface area contributed by atoms with E-state index in [1.165, 1.54) is 5.56 Å². The SMILES string of the molecule is CCNC(=NCc1nnc2ccccn12)NCC(C)(C)c1ccc(OCC(C)C)cc1.I. The van der Waals surface area contributed by atoms with Crippen molar-refractivity contribution in [1.29, 1.82) is 0 Å². The number of nitrogens with zero attached hydrogens (tertiary/aromatic N) is 4. The minimum atomic E-state index is -0.0751. The summed E-state index contributed by atoms with van der Waals surface area (Å²) in [5.41, 5.74) is 2.00. The lowest BCUT2D eigenvalue weighted by atomic mass is 9.84. The first-order valence-electron chi connectivity index (χ1n) is 10.9. The van der Waals surface area contributed by atoms with Gasteiger partial charge in [0.05, 0.1) is 6.61 Å². The number of aromatic nitrogens is 3. The van der Waals surface area contributed by atoms with Crippen molar-refractivity contribution in [3.63, 3.8) is 0 Å². The molecule has 0 fully saturated rings. The number of pyridine rings is 1. The lowest BCUT2D eigenvalue weighted by molar-refractivity contribution is 0.271. The molecule has 8 heteroatoms. The molecule has 0 radical (unpaired) electrons. The first-order chi connectivity index (χ1) is 14.9. The van der Waals surface area contributed by atoms with E-state index in [0.717, 1.165) is 42.9 Å². The molecule has 32 heavy (non-hydrogen) atoms. The molecule has 0 saturated heterocycles. The molecule has 2 N–H and O–H groups in total. The molecule has 0 bridgehead atoms. The number of aliphatic imine (C=N–C) groups is 1. The zero-order chi connectivity index (χ0) is 22.3. The van der Waals surface area contributed by atoms with Gasteiger partial charge in [0.25, 0.3) is 0 Å². The second kappa shape index (κ2) is 12.0. The topological polar surface area (TPSA) is 75.8 Å². The van der Waals surface area contributed by atoms with Crippen LogP contribution in [0.3, 0.4) is 0 Å². The molecule has 1 aromatic carbocycles. The summed E-state index contributed by atoms with van der Waals surface area (Å²) in [5, 5.41) is 15.2. The third kappa shape index (κ3) is 7.08. The summed E-state index contributed by atoms with van der Waals surface area (Å²) in [6, 6.07) is 14.2. The molecule has 0 aliphatic heterocycles. The van der Waals surface area contributed by atoms with Crippen molar-refractivity contribution in [2.45, 2.75) is 46.6 Å². The van der Waals surface area contributed by atoms with E-state index in [0.29, 0.717) is 12.5 Å². The Hall–Kier alpha value is -2.36. The third-order valence-electron chi connectivity index (χ3n) is 5.02. The fourth-order valence-corrected chi connectivity index (χ4v) is 3.16. The molecule has 2 aromatic heterocycles. The highest BCUT2D eigenvalue weighted by Crippen LogP contribution is 2.25. The summed E-state index contributed by atoms with van der Waals surface area (Å²) in [7, 11) is 0. The smallest absolute Gasteiger partial charge is 0.191 e. The molecule has 0 saturated carbocycles. The lowest BCUT2D eigenvalue weighted by Gasteiger charge is -2.27. The Kier molecular flexibility index (Phi) is 9.74. The van der Waals surface area contributed by atoms with Crippen LogP contribution < -0.4 is 15.4 Å². The van der Waals surface area contributed by atoms with Crippen molar-refractivity contribution in [3.8, 4) is 5.75 Å². The maximum absolute atomic E-state index is 5.81. The number of hydrogen-bond acceptors (Lipinski definition) is 4. The van der Waals surface area contributed by atoms with Crippen LogP contribution in [0.4, 0.5) is 0 Å². The summed E-state index contributed by atoms with van der Waals surface area (Å²) in [5.74, 6) is 3.00. The number of hydrogen-bond donors (Lipinski definition) is 2. The maximum Gasteiger partial charge on any atom is 0.191 e. The van der Waals surface area contributed by atoms with Crippen molar-refractivity contribution in [2.75, 3.05) is 19.7 Å². The Balaban J connectivity index is 0.00000363. The molecule has 0 atom stereocenters. The van der Waals surface area contributed by atoms with Gasteiger partial charge in [0.2, 0.25) is 0 Å². The van der Waals surface area contributed by atoms with Crippen molar-refractivity contribution in [3.05, 3.63) is 60.0 Å². The predicted octanol–water partition coefficient (Wildman–Crippen LogP) is 4.42. The van der Waals surface area contributed by atoms with Gasteiger partial charge in [-0.2, -0.15) is 0 Å². The summed E-state index contributed by atoms with van der Waals surface area (Å²) < 4.78 is 7.76. The van der Waals surface area contributed by atoms with Crippen LogP contribution in [-0.4, -0.2) is 40.3 Å². The standard InChI is InChI=1S/C24H34N6O.HI/c1-6-25-23(26-15-22-29-28-21-9-7-8-14-30(21)22)27-17-24(4,5)19-10-12-20(13-11-19)31-16-18(2)3;/h7-14,18H,6,15-17H2,1-5H3,(H2,25,26,27);1H. The minimum Gasteiger partial charge on any atom is -0.493 e. The Labute approximate surface area is 208 Å². The Bertz CT molecular complexity index is 997. The van der Waals surface area contributed by atoms with Gasteiger partial charge in [-0.3, -0.25) is 4.40 Å². The molecule has 0 unspecified atom stereocenters. The molecule has 3 aromatic rings. The van der Waals surface area contributed by atoms with Gasteiger partial charge in [-0.1, -0.05) is 45.9 Å². The van der Waals surface area contributed by atoms with Crippen molar-refractivity contribution in [2.24, 2.45) is 10.9 Å². The van der Waals surface area contributed by atoms with E-state index in [2.05, 4.69) is 79.7 Å². The molecule has 174 valence electrons. The summed E-state index contributed by atoms with van der Waals surface area (Å²) in [6.07, 6.45) is 1.96. The van der Waals surface area contributed by atoms with Gasteiger partial charge in [-0.15, -0.1) is 34.2 Å². The Morgan fingerprint density at radius 3 is 2.53 bits per heavy atom. The van der Waals surface area contributed by atoms with Gasteiger partial charge < -0.3 is 15.4 Å². The van der Waals surface area contributed by atoms with Crippen molar-refractivity contribution < 1.29 is 4.74 Å². The highest BCUT2D eigenvalue weighted by Gasteiger charge is 2.21. The monoisotopic (exact) mass is 550 g/mol. The van der Waals surface area contributed by atoms with E-state index in [-0.39, 0.29) is 29.4 Å². The van der Waals surface area contributed by atoms with Crippen LogP contribution in [0, 0.1) is 5.92 Å². The Morgan fingerprint density at radius 2 is 1.84 bits per heavy atom. The number of benzene rings is 1. The van der Waals surface area contributed by atoms with Crippen LogP contribution >= 0.6 is 24.0 Å². The average Bonchev–Trinajstić information content (AvgIpc) is 3.18. The van der Waals surface area contributed by atoms with Crippen LogP contribution in [0.2, 0.25) is 0 Å². The molecule has 2 heterocycles. The second-order valence-corrected chi connectivity index (χ2v) is 8.71. The normalized spacial score (nSPS) is 12.0. The molecule has 7 nitrogen and oxygen atoms in total. The van der Waals surface area contributed by atoms with Gasteiger partial charge >= 0.3 is 0 Å². The fraction of sp³-hybridized carbons (Fsp3) is 0.458. The van der Waals surface area contributed by atoms with Gasteiger partial charge in [0.15, 0.2) is 17.4 Å². The Morgan fingerprint density at radius 1 is 1.09 bits per heavy atom. The number of nitrogens with one attached hydrogen (secondary N) is 2. The van der Waals surface area contributed by atoms with E-state index in [9.17, 15) is 0 Å². The molecule has 3 rings (SSSR count). The highest BCUT2D eigenvalue weighted by molar-refractivity contribution is 14.0. The van der Waals surface area contributed by atoms with Gasteiger partial charge in [0, 0.05) is 24.7 Å². The maximum atomic E-state index is 5.81. The number of fused-ring (bicyclic) bond motifs is 1. The van der Waals surface area contributed by atoms with Crippen molar-refractivity contribution in [1.82, 2.24) is 25.2 Å². The van der Waals surface area contributed by atoms with Gasteiger partial charge in [-0.05, 0) is 42.7 Å². The molecule has 0 amide bonds. The molecule has 0 aliphatic rings. The van der Waals surface area contributed by atoms with E-state index >= 15 is 0 Å². The van der Waals surface area contributed by atoms with Crippen molar-refractivity contribution >= 4 is 35.6 Å². The number of ether oxygens (including phenoxy) is 1. The van der Waals surface area contributed by atoms with Gasteiger partial charge in [-0.25, -0.2) is 4.99 Å². The zero-order valence-corrected chi connectivity index (χ0v) is 22.0. The summed E-state index contributed by atoms with van der Waals surface area (Å²) >= 11 is 0. The quantitative estimate of drug-likeness (QED) is 0.235. The fourth-order valence-electron chi connectivity index (χ4n) is 3.16. The van der Waals surface area contributed by atoms with Gasteiger partial charge in [0.1, 0.15) is 12.3 Å². The van der Waals surface area contributed by atoms with E-state index < -0.39 is 0 Å². The van der Waals surface area contributed by atoms with Crippen LogP contribution in [-0.2, 0) is 12.0 Å². The molecule has 0 aliphatic carbocycles. The van der Waals surface area contributed by atoms with Crippen LogP contribution in [0.15, 0.2) is 53.7 Å².